The Morgan fingerprint density at radius 3 is 2.52 bits per heavy atom. The lowest BCUT2D eigenvalue weighted by molar-refractivity contribution is -0.138. The molecular formula is C17H21ClF3N3O. The first-order valence-electron chi connectivity index (χ1n) is 8.60. The molecule has 0 bridgehead atoms. The van der Waals surface area contributed by atoms with Gasteiger partial charge in [-0.3, -0.25) is 4.79 Å². The topological polar surface area (TPSA) is 36.4 Å². The van der Waals surface area contributed by atoms with E-state index in [1.807, 2.05) is 9.80 Å². The maximum absolute atomic E-state index is 12.7. The zero-order valence-corrected chi connectivity index (χ0v) is 14.6. The van der Waals surface area contributed by atoms with E-state index < -0.39 is 11.7 Å². The molecule has 4 nitrogen and oxygen atoms in total. The third-order valence-corrected chi connectivity index (χ3v) is 5.24. The highest BCUT2D eigenvalue weighted by Gasteiger charge is 2.32. The van der Waals surface area contributed by atoms with E-state index >= 15 is 0 Å². The molecule has 0 unspecified atom stereocenters. The lowest BCUT2D eigenvalue weighted by Crippen LogP contribution is -2.43. The molecule has 0 aromatic carbocycles. The molecule has 1 amide bonds. The average Bonchev–Trinajstić information content (AvgIpc) is 2.57. The number of amides is 1. The highest BCUT2D eigenvalue weighted by Crippen LogP contribution is 2.34. The lowest BCUT2D eigenvalue weighted by Gasteiger charge is -2.36. The summed E-state index contributed by atoms with van der Waals surface area (Å²) in [5.74, 6) is 1.06. The summed E-state index contributed by atoms with van der Waals surface area (Å²) in [5, 5.41) is 0.0273. The third-order valence-electron chi connectivity index (χ3n) is 4.96. The fraction of sp³-hybridized carbons (Fsp3) is 0.647. The van der Waals surface area contributed by atoms with Gasteiger partial charge in [0.15, 0.2) is 0 Å². The van der Waals surface area contributed by atoms with Crippen LogP contribution in [0.15, 0.2) is 12.3 Å². The SMILES string of the molecule is O=C1CCCCN1CC1CCN(c2ncc(C(F)(F)F)cc2Cl)CC1. The summed E-state index contributed by atoms with van der Waals surface area (Å²) in [6, 6.07) is 0.933. The Morgan fingerprint density at radius 2 is 1.92 bits per heavy atom. The zero-order valence-electron chi connectivity index (χ0n) is 13.9. The van der Waals surface area contributed by atoms with Crippen molar-refractivity contribution in [3.8, 4) is 0 Å². The molecule has 1 aromatic rings. The first-order valence-corrected chi connectivity index (χ1v) is 8.98. The Hall–Kier alpha value is -1.50. The number of aromatic nitrogens is 1. The number of alkyl halides is 3. The van der Waals surface area contributed by atoms with Crippen LogP contribution in [-0.2, 0) is 11.0 Å². The number of carbonyl (C=O) groups excluding carboxylic acids is 1. The van der Waals surface area contributed by atoms with Crippen LogP contribution in [-0.4, -0.2) is 42.0 Å². The average molecular weight is 376 g/mol. The van der Waals surface area contributed by atoms with Gasteiger partial charge in [-0.05, 0) is 37.7 Å². The van der Waals surface area contributed by atoms with Gasteiger partial charge in [0, 0.05) is 38.8 Å². The van der Waals surface area contributed by atoms with Crippen LogP contribution in [0.2, 0.25) is 5.02 Å². The molecule has 3 heterocycles. The number of piperidine rings is 2. The van der Waals surface area contributed by atoms with Crippen molar-refractivity contribution < 1.29 is 18.0 Å². The van der Waals surface area contributed by atoms with E-state index in [0.29, 0.717) is 31.2 Å². The molecule has 2 aliphatic heterocycles. The number of hydrogen-bond donors (Lipinski definition) is 0. The van der Waals surface area contributed by atoms with Crippen LogP contribution in [0.4, 0.5) is 19.0 Å². The van der Waals surface area contributed by atoms with Crippen LogP contribution < -0.4 is 4.90 Å². The monoisotopic (exact) mass is 375 g/mol. The number of halogens is 4. The quantitative estimate of drug-likeness (QED) is 0.801. The molecule has 2 aliphatic rings. The number of hydrogen-bond acceptors (Lipinski definition) is 3. The molecule has 8 heteroatoms. The molecule has 0 saturated carbocycles. The minimum absolute atomic E-state index is 0.0273. The zero-order chi connectivity index (χ0) is 18.0. The molecule has 0 radical (unpaired) electrons. The summed E-state index contributed by atoms with van der Waals surface area (Å²) >= 11 is 6.02. The van der Waals surface area contributed by atoms with Crippen molar-refractivity contribution in [3.63, 3.8) is 0 Å². The van der Waals surface area contributed by atoms with Gasteiger partial charge in [-0.15, -0.1) is 0 Å². The molecule has 0 atom stereocenters. The summed E-state index contributed by atoms with van der Waals surface area (Å²) in [5.41, 5.74) is -0.834. The molecular weight excluding hydrogens is 355 g/mol. The fourth-order valence-corrected chi connectivity index (χ4v) is 3.80. The minimum Gasteiger partial charge on any atom is -0.355 e. The van der Waals surface area contributed by atoms with Gasteiger partial charge in [0.1, 0.15) is 5.82 Å². The second kappa shape index (κ2) is 7.40. The second-order valence-corrected chi connectivity index (χ2v) is 7.16. The second-order valence-electron chi connectivity index (χ2n) is 6.75. The maximum atomic E-state index is 12.7. The van der Waals surface area contributed by atoms with Crippen LogP contribution >= 0.6 is 11.6 Å². The highest BCUT2D eigenvalue weighted by molar-refractivity contribution is 6.33. The van der Waals surface area contributed by atoms with E-state index in [1.165, 1.54) is 0 Å². The number of anilines is 1. The van der Waals surface area contributed by atoms with Crippen LogP contribution in [0.25, 0.3) is 0 Å². The molecule has 138 valence electrons. The Morgan fingerprint density at radius 1 is 1.20 bits per heavy atom. The number of nitrogens with zero attached hydrogens (tertiary/aromatic N) is 3. The summed E-state index contributed by atoms with van der Waals surface area (Å²) < 4.78 is 38.1. The predicted molar refractivity (Wildman–Crippen MR) is 89.6 cm³/mol. The van der Waals surface area contributed by atoms with Crippen LogP contribution in [0.3, 0.4) is 0 Å². The Bertz CT molecular complexity index is 630. The molecule has 3 rings (SSSR count). The van der Waals surface area contributed by atoms with Crippen molar-refractivity contribution in [3.05, 3.63) is 22.8 Å². The molecule has 2 fully saturated rings. The Kier molecular flexibility index (Phi) is 5.41. The predicted octanol–water partition coefficient (Wildman–Crippen LogP) is 3.98. The van der Waals surface area contributed by atoms with E-state index in [9.17, 15) is 18.0 Å². The maximum Gasteiger partial charge on any atom is 0.417 e. The Labute approximate surface area is 149 Å². The number of rotatable bonds is 3. The normalized spacial score (nSPS) is 20.2. The van der Waals surface area contributed by atoms with Gasteiger partial charge in [0.25, 0.3) is 0 Å². The van der Waals surface area contributed by atoms with E-state index in [4.69, 9.17) is 11.6 Å². The van der Waals surface area contributed by atoms with E-state index in [0.717, 1.165) is 51.0 Å². The molecule has 2 saturated heterocycles. The standard InChI is InChI=1S/C17H21ClF3N3O/c18-14-9-13(17(19,20)21)10-22-16(14)23-7-4-12(5-8-23)11-24-6-2-1-3-15(24)25/h9-10,12H,1-8,11H2. The van der Waals surface area contributed by atoms with Gasteiger partial charge in [0.05, 0.1) is 10.6 Å². The van der Waals surface area contributed by atoms with Crippen molar-refractivity contribution in [2.75, 3.05) is 31.1 Å². The van der Waals surface area contributed by atoms with Gasteiger partial charge in [0.2, 0.25) is 5.91 Å². The van der Waals surface area contributed by atoms with Crippen molar-refractivity contribution in [1.82, 2.24) is 9.88 Å². The summed E-state index contributed by atoms with van der Waals surface area (Å²) in [6.45, 7) is 2.99. The van der Waals surface area contributed by atoms with Crippen LogP contribution in [0.5, 0.6) is 0 Å². The van der Waals surface area contributed by atoms with Crippen molar-refractivity contribution in [2.24, 2.45) is 5.92 Å². The Balaban J connectivity index is 1.58. The number of likely N-dealkylation sites (tertiary alicyclic amines) is 1. The largest absolute Gasteiger partial charge is 0.417 e. The molecule has 0 spiro atoms. The van der Waals surface area contributed by atoms with Crippen LogP contribution in [0, 0.1) is 5.92 Å². The minimum atomic E-state index is -4.44. The summed E-state index contributed by atoms with van der Waals surface area (Å²) in [6.07, 6.45) is 0.833. The van der Waals surface area contributed by atoms with Crippen molar-refractivity contribution in [1.29, 1.82) is 0 Å². The lowest BCUT2D eigenvalue weighted by atomic mass is 9.95. The van der Waals surface area contributed by atoms with E-state index in [-0.39, 0.29) is 10.9 Å². The van der Waals surface area contributed by atoms with E-state index in [2.05, 4.69) is 4.98 Å². The summed E-state index contributed by atoms with van der Waals surface area (Å²) in [7, 11) is 0. The highest BCUT2D eigenvalue weighted by atomic mass is 35.5. The first-order chi connectivity index (χ1) is 11.8. The molecule has 0 aliphatic carbocycles. The molecule has 25 heavy (non-hydrogen) atoms. The fourth-order valence-electron chi connectivity index (χ4n) is 3.51. The van der Waals surface area contributed by atoms with Gasteiger partial charge in [-0.1, -0.05) is 11.6 Å². The number of pyridine rings is 1. The number of carbonyl (C=O) groups is 1. The van der Waals surface area contributed by atoms with Gasteiger partial charge < -0.3 is 9.80 Å². The van der Waals surface area contributed by atoms with Gasteiger partial charge >= 0.3 is 6.18 Å². The van der Waals surface area contributed by atoms with Gasteiger partial charge in [-0.2, -0.15) is 13.2 Å². The third kappa shape index (κ3) is 4.37. The first kappa shape index (κ1) is 18.3. The van der Waals surface area contributed by atoms with Crippen LogP contribution in [0.1, 0.15) is 37.7 Å². The smallest absolute Gasteiger partial charge is 0.355 e. The molecule has 1 aromatic heterocycles. The van der Waals surface area contributed by atoms with Crippen molar-refractivity contribution >= 4 is 23.3 Å². The summed E-state index contributed by atoms with van der Waals surface area (Å²) in [4.78, 5) is 19.7. The van der Waals surface area contributed by atoms with Gasteiger partial charge in [-0.25, -0.2) is 4.98 Å². The molecule has 0 N–H and O–H groups in total. The van der Waals surface area contributed by atoms with E-state index in [1.54, 1.807) is 0 Å². The van der Waals surface area contributed by atoms with Crippen molar-refractivity contribution in [2.45, 2.75) is 38.3 Å².